The Morgan fingerprint density at radius 3 is 2.76 bits per heavy atom. The van der Waals surface area contributed by atoms with Crippen LogP contribution >= 0.6 is 0 Å². The second-order valence-electron chi connectivity index (χ2n) is 4.52. The Bertz CT molecular complexity index is 335. The first kappa shape index (κ1) is 12.4. The molecule has 2 rings (SSSR count). The molecule has 1 saturated heterocycles. The van der Waals surface area contributed by atoms with E-state index >= 15 is 0 Å². The van der Waals surface area contributed by atoms with E-state index in [1.807, 2.05) is 0 Å². The van der Waals surface area contributed by atoms with E-state index in [1.165, 1.54) is 17.7 Å². The van der Waals surface area contributed by atoms with Gasteiger partial charge in [-0.15, -0.1) is 0 Å². The summed E-state index contributed by atoms with van der Waals surface area (Å²) in [4.78, 5) is 2.40. The Labute approximate surface area is 104 Å². The Hall–Kier alpha value is -1.06. The lowest BCUT2D eigenvalue weighted by Crippen LogP contribution is -2.36. The van der Waals surface area contributed by atoms with Crippen LogP contribution in [0.1, 0.15) is 18.4 Å². The maximum atomic E-state index is 5.52. The number of aryl methyl sites for hydroxylation is 1. The number of unbranched alkanes of at least 4 members (excludes halogenated alkanes) is 1. The maximum Gasteiger partial charge on any atom is 0.0642 e. The summed E-state index contributed by atoms with van der Waals surface area (Å²) in [5.74, 6) is 0. The van der Waals surface area contributed by atoms with Gasteiger partial charge < -0.3 is 15.4 Å². The van der Waals surface area contributed by atoms with Gasteiger partial charge in [0, 0.05) is 18.8 Å². The molecule has 0 unspecified atom stereocenters. The Morgan fingerprint density at radius 1 is 1.18 bits per heavy atom. The van der Waals surface area contributed by atoms with Crippen LogP contribution in [0.4, 0.5) is 5.69 Å². The van der Waals surface area contributed by atoms with Crippen molar-refractivity contribution in [1.82, 2.24) is 0 Å². The SMILES string of the molecule is NCCCCc1cccc(N2CCOCC2)c1. The second kappa shape index (κ2) is 6.62. The summed E-state index contributed by atoms with van der Waals surface area (Å²) in [6.45, 7) is 4.50. The number of nitrogens with zero attached hydrogens (tertiary/aromatic N) is 1. The zero-order valence-electron chi connectivity index (χ0n) is 10.4. The standard InChI is InChI=1S/C14H22N2O/c15-7-2-1-4-13-5-3-6-14(12-13)16-8-10-17-11-9-16/h3,5-6,12H,1-2,4,7-11,15H2. The lowest BCUT2D eigenvalue weighted by Gasteiger charge is -2.29. The number of anilines is 1. The molecule has 2 N–H and O–H groups in total. The van der Waals surface area contributed by atoms with Crippen LogP contribution in [0.2, 0.25) is 0 Å². The van der Waals surface area contributed by atoms with Crippen molar-refractivity contribution < 1.29 is 4.74 Å². The summed E-state index contributed by atoms with van der Waals surface area (Å²) in [7, 11) is 0. The van der Waals surface area contributed by atoms with Gasteiger partial charge in [-0.3, -0.25) is 0 Å². The van der Waals surface area contributed by atoms with Crippen LogP contribution < -0.4 is 10.6 Å². The molecule has 0 amide bonds. The molecule has 3 heteroatoms. The van der Waals surface area contributed by atoms with E-state index < -0.39 is 0 Å². The summed E-state index contributed by atoms with van der Waals surface area (Å²) in [5.41, 5.74) is 8.27. The van der Waals surface area contributed by atoms with Crippen molar-refractivity contribution in [3.63, 3.8) is 0 Å². The molecule has 0 bridgehead atoms. The number of nitrogens with two attached hydrogens (primary N) is 1. The van der Waals surface area contributed by atoms with Gasteiger partial charge in [0.1, 0.15) is 0 Å². The molecular formula is C14H22N2O. The fourth-order valence-corrected chi connectivity index (χ4v) is 2.20. The van der Waals surface area contributed by atoms with Gasteiger partial charge in [-0.1, -0.05) is 12.1 Å². The van der Waals surface area contributed by atoms with E-state index in [0.717, 1.165) is 45.7 Å². The highest BCUT2D eigenvalue weighted by Gasteiger charge is 2.10. The first-order chi connectivity index (χ1) is 8.40. The van der Waals surface area contributed by atoms with Gasteiger partial charge >= 0.3 is 0 Å². The third-order valence-electron chi connectivity index (χ3n) is 3.21. The minimum Gasteiger partial charge on any atom is -0.378 e. The summed E-state index contributed by atoms with van der Waals surface area (Å²) < 4.78 is 5.38. The van der Waals surface area contributed by atoms with Crippen LogP contribution in [0.3, 0.4) is 0 Å². The zero-order chi connectivity index (χ0) is 11.9. The predicted octanol–water partition coefficient (Wildman–Crippen LogP) is 1.80. The smallest absolute Gasteiger partial charge is 0.0642 e. The summed E-state index contributed by atoms with van der Waals surface area (Å²) in [6.07, 6.45) is 3.43. The molecule has 0 saturated carbocycles. The zero-order valence-corrected chi connectivity index (χ0v) is 10.4. The van der Waals surface area contributed by atoms with Crippen molar-refractivity contribution in [2.24, 2.45) is 5.73 Å². The molecule has 3 nitrogen and oxygen atoms in total. The average Bonchev–Trinajstić information content (AvgIpc) is 2.41. The monoisotopic (exact) mass is 234 g/mol. The number of rotatable bonds is 5. The lowest BCUT2D eigenvalue weighted by molar-refractivity contribution is 0.122. The van der Waals surface area contributed by atoms with Gasteiger partial charge in [0.15, 0.2) is 0 Å². The van der Waals surface area contributed by atoms with Crippen LogP contribution in [0.25, 0.3) is 0 Å². The van der Waals surface area contributed by atoms with E-state index in [4.69, 9.17) is 10.5 Å². The van der Waals surface area contributed by atoms with Gasteiger partial charge in [0.05, 0.1) is 13.2 Å². The molecule has 0 radical (unpaired) electrons. The molecule has 1 aliphatic rings. The van der Waals surface area contributed by atoms with Crippen LogP contribution in [0, 0.1) is 0 Å². The molecule has 1 aromatic carbocycles. The van der Waals surface area contributed by atoms with Gasteiger partial charge in [0.2, 0.25) is 0 Å². The minimum absolute atomic E-state index is 0.795. The topological polar surface area (TPSA) is 38.5 Å². The quantitative estimate of drug-likeness (QED) is 0.790. The molecule has 0 aromatic heterocycles. The minimum atomic E-state index is 0.795. The molecule has 94 valence electrons. The Balaban J connectivity index is 1.95. The number of hydrogen-bond acceptors (Lipinski definition) is 3. The Morgan fingerprint density at radius 2 is 2.00 bits per heavy atom. The normalized spacial score (nSPS) is 16.2. The van der Waals surface area contributed by atoms with E-state index in [0.29, 0.717) is 0 Å². The van der Waals surface area contributed by atoms with Crippen molar-refractivity contribution in [3.05, 3.63) is 29.8 Å². The van der Waals surface area contributed by atoms with Crippen LogP contribution in [0.15, 0.2) is 24.3 Å². The van der Waals surface area contributed by atoms with Gasteiger partial charge in [-0.25, -0.2) is 0 Å². The fourth-order valence-electron chi connectivity index (χ4n) is 2.20. The third kappa shape index (κ3) is 3.72. The lowest BCUT2D eigenvalue weighted by atomic mass is 10.1. The van der Waals surface area contributed by atoms with Crippen molar-refractivity contribution in [2.45, 2.75) is 19.3 Å². The van der Waals surface area contributed by atoms with Gasteiger partial charge in [0.25, 0.3) is 0 Å². The van der Waals surface area contributed by atoms with E-state index in [-0.39, 0.29) is 0 Å². The Kier molecular flexibility index (Phi) is 4.83. The molecule has 1 heterocycles. The third-order valence-corrected chi connectivity index (χ3v) is 3.21. The van der Waals surface area contributed by atoms with Crippen molar-refractivity contribution in [2.75, 3.05) is 37.7 Å². The molecule has 17 heavy (non-hydrogen) atoms. The second-order valence-corrected chi connectivity index (χ2v) is 4.52. The first-order valence-electron chi connectivity index (χ1n) is 6.52. The van der Waals surface area contributed by atoms with E-state index in [1.54, 1.807) is 0 Å². The first-order valence-corrected chi connectivity index (χ1v) is 6.52. The average molecular weight is 234 g/mol. The number of benzene rings is 1. The molecular weight excluding hydrogens is 212 g/mol. The number of ether oxygens (including phenoxy) is 1. The van der Waals surface area contributed by atoms with Crippen LogP contribution in [0.5, 0.6) is 0 Å². The van der Waals surface area contributed by atoms with Gasteiger partial charge in [-0.05, 0) is 43.5 Å². The van der Waals surface area contributed by atoms with Crippen molar-refractivity contribution in [3.8, 4) is 0 Å². The fraction of sp³-hybridized carbons (Fsp3) is 0.571. The molecule has 1 fully saturated rings. The summed E-state index contributed by atoms with van der Waals surface area (Å²) in [6, 6.07) is 8.86. The van der Waals surface area contributed by atoms with E-state index in [9.17, 15) is 0 Å². The molecule has 1 aromatic rings. The maximum absolute atomic E-state index is 5.52. The molecule has 0 spiro atoms. The predicted molar refractivity (Wildman–Crippen MR) is 71.5 cm³/mol. The highest BCUT2D eigenvalue weighted by Crippen LogP contribution is 2.18. The highest BCUT2D eigenvalue weighted by molar-refractivity contribution is 5.48. The molecule has 0 atom stereocenters. The number of hydrogen-bond donors (Lipinski definition) is 1. The van der Waals surface area contributed by atoms with Crippen molar-refractivity contribution in [1.29, 1.82) is 0 Å². The van der Waals surface area contributed by atoms with Crippen LogP contribution in [-0.4, -0.2) is 32.8 Å². The van der Waals surface area contributed by atoms with Crippen molar-refractivity contribution >= 4 is 5.69 Å². The van der Waals surface area contributed by atoms with Crippen LogP contribution in [-0.2, 0) is 11.2 Å². The summed E-state index contributed by atoms with van der Waals surface area (Å²) in [5, 5.41) is 0. The molecule has 0 aliphatic carbocycles. The largest absolute Gasteiger partial charge is 0.378 e. The number of morpholine rings is 1. The van der Waals surface area contributed by atoms with E-state index in [2.05, 4.69) is 29.2 Å². The van der Waals surface area contributed by atoms with Gasteiger partial charge in [-0.2, -0.15) is 0 Å². The highest BCUT2D eigenvalue weighted by atomic mass is 16.5. The molecule has 1 aliphatic heterocycles. The summed E-state index contributed by atoms with van der Waals surface area (Å²) >= 11 is 0.